The molecule has 1 aliphatic rings. The number of hydrogen-bond donors (Lipinski definition) is 5. The van der Waals surface area contributed by atoms with Crippen molar-refractivity contribution in [3.05, 3.63) is 69.1 Å². The Morgan fingerprint density at radius 3 is 2.46 bits per heavy atom. The fourth-order valence-corrected chi connectivity index (χ4v) is 5.15. The van der Waals surface area contributed by atoms with Crippen molar-refractivity contribution in [3.63, 3.8) is 0 Å². The van der Waals surface area contributed by atoms with Crippen LogP contribution >= 0.6 is 0 Å². The van der Waals surface area contributed by atoms with Crippen LogP contribution in [-0.4, -0.2) is 69.1 Å². The minimum Gasteiger partial charge on any atom is -0.507 e. The van der Waals surface area contributed by atoms with Crippen molar-refractivity contribution in [1.29, 1.82) is 0 Å². The van der Waals surface area contributed by atoms with E-state index in [9.17, 15) is 39.9 Å². The van der Waals surface area contributed by atoms with E-state index in [2.05, 4.69) is 0 Å². The fourth-order valence-electron chi connectivity index (χ4n) is 5.15. The average Bonchev–Trinajstić information content (AvgIpc) is 2.91. The van der Waals surface area contributed by atoms with Gasteiger partial charge in [0.15, 0.2) is 22.7 Å². The fraction of sp³-hybridized carbons (Fsp3) is 0.367. The summed E-state index contributed by atoms with van der Waals surface area (Å²) in [5, 5.41) is 52.5. The highest BCUT2D eigenvalue weighted by Gasteiger charge is 2.47. The van der Waals surface area contributed by atoms with Gasteiger partial charge in [0.2, 0.25) is 0 Å². The molecule has 41 heavy (non-hydrogen) atoms. The maximum absolute atomic E-state index is 13.1. The third kappa shape index (κ3) is 6.18. The standard InChI is InChI=1S/C30H32O11/c1-14-8-21(35)26(30-25(14)22(36)12-18(40-30)9-15(2)32)29-19(27(37)28(38)24(13-31)41-29)11-17(33)6-4-16-5-7-20(34)23(10-16)39-3/h4-8,10,12,19,24,27-29,31,34-35,37-38H,9,11,13H2,1-3H3/b6-4+/t19-,24-,27-,28-,29-/m0/s1. The predicted molar refractivity (Wildman–Crippen MR) is 147 cm³/mol. The van der Waals surface area contributed by atoms with Crippen LogP contribution in [0.4, 0.5) is 0 Å². The number of phenolic OH excluding ortho intramolecular Hbond substituents is 2. The number of benzene rings is 2. The average molecular weight is 569 g/mol. The van der Waals surface area contributed by atoms with E-state index >= 15 is 0 Å². The normalized spacial score (nSPS) is 22.7. The Morgan fingerprint density at radius 2 is 1.80 bits per heavy atom. The lowest BCUT2D eigenvalue weighted by molar-refractivity contribution is -0.212. The summed E-state index contributed by atoms with van der Waals surface area (Å²) in [4.78, 5) is 37.8. The molecule has 3 aromatic rings. The number of methoxy groups -OCH3 is 1. The molecular weight excluding hydrogens is 536 g/mol. The molecule has 2 aromatic carbocycles. The topological polar surface area (TPSA) is 184 Å². The van der Waals surface area contributed by atoms with Gasteiger partial charge in [-0.3, -0.25) is 14.4 Å². The molecule has 0 aliphatic carbocycles. The van der Waals surface area contributed by atoms with E-state index in [0.717, 1.165) is 0 Å². The first-order valence-corrected chi connectivity index (χ1v) is 12.9. The molecular formula is C30H32O11. The molecule has 1 aromatic heterocycles. The molecule has 218 valence electrons. The van der Waals surface area contributed by atoms with Crippen LogP contribution in [0.5, 0.6) is 17.2 Å². The second kappa shape index (κ2) is 12.2. The molecule has 4 rings (SSSR count). The number of carbonyl (C=O) groups is 2. The van der Waals surface area contributed by atoms with Gasteiger partial charge in [-0.05, 0) is 49.2 Å². The molecule has 1 aliphatic heterocycles. The summed E-state index contributed by atoms with van der Waals surface area (Å²) >= 11 is 0. The highest BCUT2D eigenvalue weighted by molar-refractivity contribution is 5.94. The molecule has 0 amide bonds. The smallest absolute Gasteiger partial charge is 0.193 e. The molecule has 11 heteroatoms. The minimum atomic E-state index is -1.57. The Kier molecular flexibility index (Phi) is 8.93. The molecule has 2 heterocycles. The first-order chi connectivity index (χ1) is 19.4. The van der Waals surface area contributed by atoms with Crippen molar-refractivity contribution in [1.82, 2.24) is 0 Å². The van der Waals surface area contributed by atoms with E-state index in [0.29, 0.717) is 11.1 Å². The van der Waals surface area contributed by atoms with Gasteiger partial charge in [-0.25, -0.2) is 0 Å². The minimum absolute atomic E-state index is 0.0521. The Morgan fingerprint density at radius 1 is 1.07 bits per heavy atom. The molecule has 5 N–H and O–H groups in total. The monoisotopic (exact) mass is 568 g/mol. The third-order valence-electron chi connectivity index (χ3n) is 7.14. The molecule has 0 bridgehead atoms. The summed E-state index contributed by atoms with van der Waals surface area (Å²) in [5.41, 5.74) is 0.339. The van der Waals surface area contributed by atoms with Gasteiger partial charge in [-0.2, -0.15) is 0 Å². The summed E-state index contributed by atoms with van der Waals surface area (Å²) in [6, 6.07) is 7.01. The number of phenols is 2. The first kappa shape index (κ1) is 29.9. The van der Waals surface area contributed by atoms with Crippen LogP contribution in [0.25, 0.3) is 17.0 Å². The van der Waals surface area contributed by atoms with Crippen molar-refractivity contribution < 1.29 is 49.0 Å². The Balaban J connectivity index is 1.78. The number of fused-ring (bicyclic) bond motifs is 1. The van der Waals surface area contributed by atoms with Gasteiger partial charge >= 0.3 is 0 Å². The summed E-state index contributed by atoms with van der Waals surface area (Å²) in [7, 11) is 1.39. The number of aromatic hydroxyl groups is 2. The molecule has 0 spiro atoms. The van der Waals surface area contributed by atoms with Gasteiger partial charge in [0, 0.05) is 18.4 Å². The number of aliphatic hydroxyl groups is 3. The summed E-state index contributed by atoms with van der Waals surface area (Å²) in [6.45, 7) is 2.24. The highest BCUT2D eigenvalue weighted by atomic mass is 16.5. The van der Waals surface area contributed by atoms with E-state index in [4.69, 9.17) is 13.9 Å². The number of hydrogen-bond acceptors (Lipinski definition) is 11. The maximum atomic E-state index is 13.1. The number of aliphatic hydroxyl groups excluding tert-OH is 3. The van der Waals surface area contributed by atoms with E-state index in [1.165, 1.54) is 50.5 Å². The van der Waals surface area contributed by atoms with Crippen LogP contribution < -0.4 is 10.2 Å². The molecule has 0 saturated carbocycles. The molecule has 5 atom stereocenters. The number of carbonyl (C=O) groups excluding carboxylic acids is 2. The predicted octanol–water partition coefficient (Wildman–Crippen LogP) is 2.10. The van der Waals surface area contributed by atoms with E-state index in [-0.39, 0.29) is 58.2 Å². The Hall–Kier alpha value is -4.03. The molecule has 11 nitrogen and oxygen atoms in total. The van der Waals surface area contributed by atoms with Crippen LogP contribution in [0.2, 0.25) is 0 Å². The lowest BCUT2D eigenvalue weighted by atomic mass is 9.79. The van der Waals surface area contributed by atoms with Gasteiger partial charge in [-0.15, -0.1) is 0 Å². The van der Waals surface area contributed by atoms with E-state index in [1.54, 1.807) is 13.0 Å². The maximum Gasteiger partial charge on any atom is 0.193 e. The van der Waals surface area contributed by atoms with Crippen LogP contribution in [0.1, 0.15) is 41.9 Å². The third-order valence-corrected chi connectivity index (χ3v) is 7.14. The number of Topliss-reactive ketones (excluding diaryl/α,β-unsaturated/α-hetero) is 1. The molecule has 1 fully saturated rings. The van der Waals surface area contributed by atoms with Crippen molar-refractivity contribution in [2.75, 3.05) is 13.7 Å². The van der Waals surface area contributed by atoms with Crippen LogP contribution in [0.3, 0.4) is 0 Å². The van der Waals surface area contributed by atoms with Crippen molar-refractivity contribution >= 4 is 28.6 Å². The number of rotatable bonds is 9. The zero-order valence-corrected chi connectivity index (χ0v) is 22.7. The van der Waals surface area contributed by atoms with Gasteiger partial charge in [0.25, 0.3) is 0 Å². The summed E-state index contributed by atoms with van der Waals surface area (Å²) < 4.78 is 16.9. The van der Waals surface area contributed by atoms with E-state index < -0.39 is 48.2 Å². The van der Waals surface area contributed by atoms with Gasteiger partial charge in [-0.1, -0.05) is 12.1 Å². The zero-order valence-electron chi connectivity index (χ0n) is 22.7. The number of ether oxygens (including phenoxy) is 2. The lowest BCUT2D eigenvalue weighted by Crippen LogP contribution is -2.53. The highest BCUT2D eigenvalue weighted by Crippen LogP contribution is 2.45. The van der Waals surface area contributed by atoms with Crippen LogP contribution in [-0.2, 0) is 20.7 Å². The number of aryl methyl sites for hydroxylation is 1. The van der Waals surface area contributed by atoms with Crippen molar-refractivity contribution in [2.45, 2.75) is 51.1 Å². The largest absolute Gasteiger partial charge is 0.507 e. The van der Waals surface area contributed by atoms with Crippen LogP contribution in [0, 0.1) is 12.8 Å². The second-order valence-electron chi connectivity index (χ2n) is 10.1. The Labute approximate surface area is 234 Å². The van der Waals surface area contributed by atoms with Crippen molar-refractivity contribution in [2.24, 2.45) is 5.92 Å². The summed E-state index contributed by atoms with van der Waals surface area (Å²) in [6.07, 6.45) is -3.51. The van der Waals surface area contributed by atoms with Gasteiger partial charge < -0.3 is 39.4 Å². The van der Waals surface area contributed by atoms with Gasteiger partial charge in [0.1, 0.15) is 35.1 Å². The lowest BCUT2D eigenvalue weighted by Gasteiger charge is -2.42. The molecule has 1 saturated heterocycles. The zero-order chi connectivity index (χ0) is 30.0. The van der Waals surface area contributed by atoms with Crippen LogP contribution in [0.15, 0.2) is 45.6 Å². The first-order valence-electron chi connectivity index (χ1n) is 12.9. The molecule has 0 unspecified atom stereocenters. The SMILES string of the molecule is COc1cc(/C=C/C(=O)C[C@H]2[C@H](O)[C@@H](O)[C@H](CO)O[C@@H]2c2c(O)cc(C)c3c(=O)cc(CC(C)=O)oc23)ccc1O. The molecule has 0 radical (unpaired) electrons. The van der Waals surface area contributed by atoms with Gasteiger partial charge in [0.05, 0.1) is 43.3 Å². The second-order valence-corrected chi connectivity index (χ2v) is 10.1. The number of ketones is 2. The summed E-state index contributed by atoms with van der Waals surface area (Å²) in [5.74, 6) is -2.04. The van der Waals surface area contributed by atoms with Crippen molar-refractivity contribution in [3.8, 4) is 17.2 Å². The Bertz CT molecular complexity index is 1550. The number of allylic oxidation sites excluding steroid dienone is 1. The quantitative estimate of drug-likeness (QED) is 0.238. The van der Waals surface area contributed by atoms with E-state index in [1.807, 2.05) is 0 Å².